The molecular weight excluding hydrogens is 302 g/mol. The summed E-state index contributed by atoms with van der Waals surface area (Å²) in [6.07, 6.45) is 8.62. The highest BCUT2D eigenvalue weighted by molar-refractivity contribution is 6.06. The Morgan fingerprint density at radius 3 is 2.67 bits per heavy atom. The Kier molecular flexibility index (Phi) is 5.81. The molecule has 1 aromatic rings. The van der Waals surface area contributed by atoms with Gasteiger partial charge in [0.1, 0.15) is 0 Å². The van der Waals surface area contributed by atoms with E-state index in [0.717, 1.165) is 6.42 Å². The van der Waals surface area contributed by atoms with Crippen molar-refractivity contribution in [2.45, 2.75) is 38.1 Å². The third-order valence-electron chi connectivity index (χ3n) is 5.10. The van der Waals surface area contributed by atoms with Crippen LogP contribution in [-0.2, 0) is 9.53 Å². The molecule has 2 fully saturated rings. The van der Waals surface area contributed by atoms with Crippen molar-refractivity contribution in [2.24, 2.45) is 5.92 Å². The number of ketones is 1. The van der Waals surface area contributed by atoms with Crippen LogP contribution in [0.5, 0.6) is 0 Å². The maximum atomic E-state index is 11.9. The molecule has 0 N–H and O–H groups in total. The zero-order chi connectivity index (χ0) is 16.8. The van der Waals surface area contributed by atoms with Gasteiger partial charge in [0.25, 0.3) is 0 Å². The van der Waals surface area contributed by atoms with Gasteiger partial charge in [0, 0.05) is 23.6 Å². The van der Waals surface area contributed by atoms with Gasteiger partial charge in [-0.25, -0.2) is 4.79 Å². The number of rotatable bonds is 5. The van der Waals surface area contributed by atoms with E-state index in [9.17, 15) is 9.59 Å². The van der Waals surface area contributed by atoms with Gasteiger partial charge >= 0.3 is 5.97 Å². The lowest BCUT2D eigenvalue weighted by atomic mass is 9.84. The first-order valence-electron chi connectivity index (χ1n) is 8.92. The van der Waals surface area contributed by atoms with Gasteiger partial charge in [-0.2, -0.15) is 0 Å². The van der Waals surface area contributed by atoms with Crippen LogP contribution in [0, 0.1) is 5.92 Å². The highest BCUT2D eigenvalue weighted by atomic mass is 16.5. The van der Waals surface area contributed by atoms with Crippen molar-refractivity contribution in [2.75, 3.05) is 19.7 Å². The number of piperidine rings is 2. The van der Waals surface area contributed by atoms with Gasteiger partial charge in [0.05, 0.1) is 6.61 Å². The number of fused-ring (bicyclic) bond motifs is 1. The molecule has 0 spiro atoms. The average Bonchev–Trinajstić information content (AvgIpc) is 2.65. The Hall–Kier alpha value is -1.94. The Morgan fingerprint density at radius 2 is 1.83 bits per heavy atom. The van der Waals surface area contributed by atoms with Crippen LogP contribution in [0.3, 0.4) is 0 Å². The number of benzene rings is 1. The molecule has 3 rings (SSSR count). The number of esters is 1. The fourth-order valence-corrected chi connectivity index (χ4v) is 3.85. The van der Waals surface area contributed by atoms with Crippen molar-refractivity contribution in [1.29, 1.82) is 0 Å². The number of carbonyl (C=O) groups is 2. The zero-order valence-electron chi connectivity index (χ0n) is 14.0. The van der Waals surface area contributed by atoms with Gasteiger partial charge in [-0.05, 0) is 44.8 Å². The van der Waals surface area contributed by atoms with Gasteiger partial charge in [0.2, 0.25) is 0 Å². The van der Waals surface area contributed by atoms with Crippen molar-refractivity contribution in [3.05, 3.63) is 48.0 Å². The van der Waals surface area contributed by atoms with Crippen LogP contribution in [0.1, 0.15) is 42.5 Å². The number of ether oxygens (including phenoxy) is 1. The number of carbonyl (C=O) groups excluding carboxylic acids is 2. The first kappa shape index (κ1) is 16.9. The number of allylic oxidation sites excluding steroid dienone is 1. The Morgan fingerprint density at radius 1 is 1.04 bits per heavy atom. The van der Waals surface area contributed by atoms with E-state index in [1.807, 2.05) is 6.07 Å². The molecule has 2 aliphatic heterocycles. The molecule has 0 bridgehead atoms. The van der Waals surface area contributed by atoms with Crippen LogP contribution in [0.15, 0.2) is 42.5 Å². The van der Waals surface area contributed by atoms with E-state index in [2.05, 4.69) is 4.90 Å². The second-order valence-corrected chi connectivity index (χ2v) is 6.70. The van der Waals surface area contributed by atoms with E-state index in [-0.39, 0.29) is 5.78 Å². The minimum atomic E-state index is -0.424. The Balaban J connectivity index is 1.48. The summed E-state index contributed by atoms with van der Waals surface area (Å²) in [6, 6.07) is 9.50. The molecule has 2 heterocycles. The molecule has 0 aromatic heterocycles. The average molecular weight is 327 g/mol. The summed E-state index contributed by atoms with van der Waals surface area (Å²) in [4.78, 5) is 26.4. The van der Waals surface area contributed by atoms with Crippen LogP contribution in [0.25, 0.3) is 0 Å². The van der Waals surface area contributed by atoms with Crippen LogP contribution in [-0.4, -0.2) is 42.4 Å². The Bertz CT molecular complexity index is 594. The molecule has 1 aromatic carbocycles. The predicted octanol–water partition coefficient (Wildman–Crippen LogP) is 3.23. The maximum absolute atomic E-state index is 11.9. The molecule has 0 aliphatic carbocycles. The lowest BCUT2D eigenvalue weighted by Crippen LogP contribution is -2.49. The Labute approximate surface area is 143 Å². The first-order chi connectivity index (χ1) is 11.7. The summed E-state index contributed by atoms with van der Waals surface area (Å²) in [6.45, 7) is 2.82. The second-order valence-electron chi connectivity index (χ2n) is 6.70. The molecule has 0 amide bonds. The summed E-state index contributed by atoms with van der Waals surface area (Å²) in [5.41, 5.74) is 0.576. The molecule has 2 saturated heterocycles. The summed E-state index contributed by atoms with van der Waals surface area (Å²) < 4.78 is 5.41. The van der Waals surface area contributed by atoms with Crippen LogP contribution >= 0.6 is 0 Å². The molecule has 4 heteroatoms. The van der Waals surface area contributed by atoms with Crippen LogP contribution in [0.2, 0.25) is 0 Å². The SMILES string of the molecule is O=C(/C=C/C(=O)c1ccccc1)OC[C@H]1CCCN2CCCC[C@H]12. The number of hydrogen-bond donors (Lipinski definition) is 0. The topological polar surface area (TPSA) is 46.6 Å². The lowest BCUT2D eigenvalue weighted by molar-refractivity contribution is -0.140. The van der Waals surface area contributed by atoms with E-state index in [1.54, 1.807) is 24.3 Å². The minimum Gasteiger partial charge on any atom is -0.462 e. The third-order valence-corrected chi connectivity index (χ3v) is 5.10. The molecule has 24 heavy (non-hydrogen) atoms. The third kappa shape index (κ3) is 4.32. The number of hydrogen-bond acceptors (Lipinski definition) is 4. The van der Waals surface area contributed by atoms with Crippen LogP contribution in [0.4, 0.5) is 0 Å². The van der Waals surface area contributed by atoms with Crippen molar-refractivity contribution in [3.8, 4) is 0 Å². The molecule has 2 atom stereocenters. The first-order valence-corrected chi connectivity index (χ1v) is 8.92. The summed E-state index contributed by atoms with van der Waals surface area (Å²) in [5.74, 6) is -0.169. The normalized spacial score (nSPS) is 24.5. The largest absolute Gasteiger partial charge is 0.462 e. The van der Waals surface area contributed by atoms with E-state index in [4.69, 9.17) is 4.74 Å². The van der Waals surface area contributed by atoms with E-state index in [1.165, 1.54) is 50.9 Å². The molecule has 0 saturated carbocycles. The number of nitrogens with zero attached hydrogens (tertiary/aromatic N) is 1. The van der Waals surface area contributed by atoms with Gasteiger partial charge in [-0.15, -0.1) is 0 Å². The molecule has 4 nitrogen and oxygen atoms in total. The fraction of sp³-hybridized carbons (Fsp3) is 0.500. The smallest absolute Gasteiger partial charge is 0.330 e. The molecule has 0 radical (unpaired) electrons. The van der Waals surface area contributed by atoms with Gasteiger partial charge < -0.3 is 4.74 Å². The van der Waals surface area contributed by atoms with Crippen molar-refractivity contribution < 1.29 is 14.3 Å². The highest BCUT2D eigenvalue weighted by Gasteiger charge is 2.33. The fourth-order valence-electron chi connectivity index (χ4n) is 3.85. The predicted molar refractivity (Wildman–Crippen MR) is 92.8 cm³/mol. The monoisotopic (exact) mass is 327 g/mol. The summed E-state index contributed by atoms with van der Waals surface area (Å²) in [5, 5.41) is 0. The molecule has 2 aliphatic rings. The molecule has 0 unspecified atom stereocenters. The summed E-state index contributed by atoms with van der Waals surface area (Å²) in [7, 11) is 0. The van der Waals surface area contributed by atoms with E-state index < -0.39 is 5.97 Å². The molecular formula is C20H25NO3. The van der Waals surface area contributed by atoms with Gasteiger partial charge in [-0.1, -0.05) is 36.8 Å². The van der Waals surface area contributed by atoms with E-state index >= 15 is 0 Å². The maximum Gasteiger partial charge on any atom is 0.330 e. The van der Waals surface area contributed by atoms with Gasteiger partial charge in [-0.3, -0.25) is 9.69 Å². The standard InChI is InChI=1S/C20H25NO3/c22-19(16-7-2-1-3-8-16)11-12-20(23)24-15-17-9-6-14-21-13-5-4-10-18(17)21/h1-3,7-8,11-12,17-18H,4-6,9-10,13-15H2/b12-11+/t17-,18-/m1/s1. The summed E-state index contributed by atoms with van der Waals surface area (Å²) >= 11 is 0. The highest BCUT2D eigenvalue weighted by Crippen LogP contribution is 2.30. The van der Waals surface area contributed by atoms with E-state index in [0.29, 0.717) is 24.1 Å². The second kappa shape index (κ2) is 8.25. The zero-order valence-corrected chi connectivity index (χ0v) is 14.0. The van der Waals surface area contributed by atoms with Gasteiger partial charge in [0.15, 0.2) is 5.78 Å². The van der Waals surface area contributed by atoms with Crippen molar-refractivity contribution in [1.82, 2.24) is 4.90 Å². The van der Waals surface area contributed by atoms with Crippen LogP contribution < -0.4 is 0 Å². The molecule has 128 valence electrons. The van der Waals surface area contributed by atoms with Crippen molar-refractivity contribution >= 4 is 11.8 Å². The lowest BCUT2D eigenvalue weighted by Gasteiger charge is -2.44. The quantitative estimate of drug-likeness (QED) is 0.473. The minimum absolute atomic E-state index is 0.177. The van der Waals surface area contributed by atoms with Crippen molar-refractivity contribution in [3.63, 3.8) is 0 Å².